The zero-order chi connectivity index (χ0) is 13.0. The predicted molar refractivity (Wildman–Crippen MR) is 49.6 cm³/mol. The van der Waals surface area contributed by atoms with Crippen molar-refractivity contribution in [1.82, 2.24) is 4.98 Å². The van der Waals surface area contributed by atoms with E-state index in [1.807, 2.05) is 0 Å². The highest BCUT2D eigenvalue weighted by Gasteiger charge is 2.22. The molecule has 7 heteroatoms. The predicted octanol–water partition coefficient (Wildman–Crippen LogP) is 1.75. The maximum Gasteiger partial charge on any atom is 0.310 e. The van der Waals surface area contributed by atoms with Crippen LogP contribution in [0.5, 0.6) is 0 Å². The number of esters is 1. The van der Waals surface area contributed by atoms with Gasteiger partial charge in [0.25, 0.3) is 6.43 Å². The first kappa shape index (κ1) is 13.0. The van der Waals surface area contributed by atoms with Gasteiger partial charge >= 0.3 is 5.97 Å². The molecule has 0 atom stereocenters. The SMILES string of the molecule is COC(=O)Cc1c(C(F)F)cnc(F)c1C#N. The number of ether oxygens (including phenoxy) is 1. The van der Waals surface area contributed by atoms with Gasteiger partial charge in [0.1, 0.15) is 11.6 Å². The van der Waals surface area contributed by atoms with Crippen LogP contribution in [0.4, 0.5) is 13.2 Å². The number of pyridine rings is 1. The highest BCUT2D eigenvalue weighted by molar-refractivity contribution is 5.74. The van der Waals surface area contributed by atoms with E-state index in [2.05, 4.69) is 9.72 Å². The van der Waals surface area contributed by atoms with Gasteiger partial charge in [-0.15, -0.1) is 0 Å². The van der Waals surface area contributed by atoms with Crippen molar-refractivity contribution in [2.75, 3.05) is 7.11 Å². The Morgan fingerprint density at radius 3 is 2.76 bits per heavy atom. The Kier molecular flexibility index (Phi) is 4.04. The van der Waals surface area contributed by atoms with Crippen LogP contribution in [0.2, 0.25) is 0 Å². The Bertz CT molecular complexity index is 483. The van der Waals surface area contributed by atoms with E-state index in [0.717, 1.165) is 7.11 Å². The summed E-state index contributed by atoms with van der Waals surface area (Å²) in [7, 11) is 1.06. The van der Waals surface area contributed by atoms with Crippen molar-refractivity contribution in [2.24, 2.45) is 0 Å². The Labute approximate surface area is 94.6 Å². The van der Waals surface area contributed by atoms with Gasteiger partial charge in [-0.2, -0.15) is 9.65 Å². The van der Waals surface area contributed by atoms with Crippen LogP contribution >= 0.6 is 0 Å². The van der Waals surface area contributed by atoms with Crippen molar-refractivity contribution in [2.45, 2.75) is 12.8 Å². The number of carbonyl (C=O) groups is 1. The van der Waals surface area contributed by atoms with E-state index in [1.54, 1.807) is 0 Å². The van der Waals surface area contributed by atoms with Crippen LogP contribution < -0.4 is 0 Å². The fraction of sp³-hybridized carbons (Fsp3) is 0.300. The minimum Gasteiger partial charge on any atom is -0.469 e. The Balaban J connectivity index is 3.35. The molecule has 1 aromatic rings. The minimum absolute atomic E-state index is 0.387. The third-order valence-electron chi connectivity index (χ3n) is 2.07. The number of nitrogens with zero attached hydrogens (tertiary/aromatic N) is 2. The molecule has 0 aromatic carbocycles. The Morgan fingerprint density at radius 1 is 1.65 bits per heavy atom. The van der Waals surface area contributed by atoms with Crippen molar-refractivity contribution in [3.05, 3.63) is 28.8 Å². The van der Waals surface area contributed by atoms with Crippen molar-refractivity contribution >= 4 is 5.97 Å². The number of rotatable bonds is 3. The molecule has 0 saturated heterocycles. The van der Waals surface area contributed by atoms with Crippen LogP contribution in [-0.2, 0) is 16.0 Å². The summed E-state index contributed by atoms with van der Waals surface area (Å²) in [5.74, 6) is -2.02. The Morgan fingerprint density at radius 2 is 2.29 bits per heavy atom. The van der Waals surface area contributed by atoms with Crippen LogP contribution in [0, 0.1) is 17.3 Å². The van der Waals surface area contributed by atoms with E-state index in [-0.39, 0.29) is 5.56 Å². The lowest BCUT2D eigenvalue weighted by Gasteiger charge is -2.09. The number of carbonyl (C=O) groups excluding carboxylic acids is 1. The van der Waals surface area contributed by atoms with Gasteiger partial charge in [-0.25, -0.2) is 13.8 Å². The van der Waals surface area contributed by atoms with E-state index in [1.165, 1.54) is 6.07 Å². The fourth-order valence-electron chi connectivity index (χ4n) is 1.25. The molecule has 0 aliphatic heterocycles. The number of hydrogen-bond donors (Lipinski definition) is 0. The standard InChI is InChI=1S/C10H7F3N2O2/c1-17-8(16)2-5-6(3-14)10(13)15-4-7(5)9(11)12/h4,9H,2H2,1H3. The summed E-state index contributed by atoms with van der Waals surface area (Å²) in [6.45, 7) is 0. The first-order valence-electron chi connectivity index (χ1n) is 4.43. The molecule has 0 amide bonds. The van der Waals surface area contributed by atoms with Crippen molar-refractivity contribution in [1.29, 1.82) is 5.26 Å². The second-order valence-electron chi connectivity index (χ2n) is 3.02. The lowest BCUT2D eigenvalue weighted by atomic mass is 10.0. The molecule has 0 fully saturated rings. The average molecular weight is 244 g/mol. The molecule has 1 aromatic heterocycles. The summed E-state index contributed by atoms with van der Waals surface area (Å²) in [5, 5.41) is 8.66. The third-order valence-corrected chi connectivity index (χ3v) is 2.07. The summed E-state index contributed by atoms with van der Waals surface area (Å²) >= 11 is 0. The first-order chi connectivity index (χ1) is 8.01. The number of halogens is 3. The molecule has 1 heterocycles. The van der Waals surface area contributed by atoms with Gasteiger partial charge in [0, 0.05) is 11.8 Å². The summed E-state index contributed by atoms with van der Waals surface area (Å²) in [6.07, 6.45) is -2.94. The molecule has 0 saturated carbocycles. The summed E-state index contributed by atoms with van der Waals surface area (Å²) in [6, 6.07) is 1.41. The third kappa shape index (κ3) is 2.72. The first-order valence-corrected chi connectivity index (χ1v) is 4.43. The van der Waals surface area contributed by atoms with Crippen LogP contribution in [0.3, 0.4) is 0 Å². The highest BCUT2D eigenvalue weighted by atomic mass is 19.3. The van der Waals surface area contributed by atoms with Crippen molar-refractivity contribution in [3.63, 3.8) is 0 Å². The largest absolute Gasteiger partial charge is 0.469 e. The van der Waals surface area contributed by atoms with E-state index < -0.39 is 35.9 Å². The number of aromatic nitrogens is 1. The number of alkyl halides is 2. The molecule has 0 N–H and O–H groups in total. The van der Waals surface area contributed by atoms with Gasteiger partial charge < -0.3 is 4.74 Å². The topological polar surface area (TPSA) is 63.0 Å². The molecule has 90 valence electrons. The maximum atomic E-state index is 13.1. The lowest BCUT2D eigenvalue weighted by molar-refractivity contribution is -0.139. The van der Waals surface area contributed by atoms with Crippen LogP contribution in [0.1, 0.15) is 23.1 Å². The van der Waals surface area contributed by atoms with Crippen LogP contribution in [0.15, 0.2) is 6.20 Å². The zero-order valence-electron chi connectivity index (χ0n) is 8.71. The highest BCUT2D eigenvalue weighted by Crippen LogP contribution is 2.26. The van der Waals surface area contributed by atoms with E-state index in [4.69, 9.17) is 5.26 Å². The van der Waals surface area contributed by atoms with Gasteiger partial charge in [-0.05, 0) is 5.56 Å². The van der Waals surface area contributed by atoms with E-state index in [0.29, 0.717) is 6.20 Å². The van der Waals surface area contributed by atoms with E-state index >= 15 is 0 Å². The summed E-state index contributed by atoms with van der Waals surface area (Å²) < 4.78 is 42.6. The minimum atomic E-state index is -2.95. The van der Waals surface area contributed by atoms with Gasteiger partial charge in [0.05, 0.1) is 13.5 Å². The number of nitriles is 1. The number of hydrogen-bond acceptors (Lipinski definition) is 4. The molecule has 0 aliphatic carbocycles. The van der Waals surface area contributed by atoms with Crippen molar-refractivity contribution in [3.8, 4) is 6.07 Å². The van der Waals surface area contributed by atoms with E-state index in [9.17, 15) is 18.0 Å². The van der Waals surface area contributed by atoms with Crippen LogP contribution in [-0.4, -0.2) is 18.1 Å². The molecule has 0 unspecified atom stereocenters. The maximum absolute atomic E-state index is 13.1. The molecule has 4 nitrogen and oxygen atoms in total. The molecular formula is C10H7F3N2O2. The summed E-state index contributed by atoms with van der Waals surface area (Å²) in [5.41, 5.74) is -1.69. The molecular weight excluding hydrogens is 237 g/mol. The molecule has 0 bridgehead atoms. The summed E-state index contributed by atoms with van der Waals surface area (Å²) in [4.78, 5) is 14.1. The molecule has 1 rings (SSSR count). The lowest BCUT2D eigenvalue weighted by Crippen LogP contribution is -2.11. The molecule has 0 aliphatic rings. The molecule has 17 heavy (non-hydrogen) atoms. The monoisotopic (exact) mass is 244 g/mol. The van der Waals surface area contributed by atoms with Crippen molar-refractivity contribution < 1.29 is 22.7 Å². The quantitative estimate of drug-likeness (QED) is 0.600. The molecule has 0 spiro atoms. The molecule has 0 radical (unpaired) electrons. The zero-order valence-corrected chi connectivity index (χ0v) is 8.71. The van der Waals surface area contributed by atoms with Gasteiger partial charge in [-0.1, -0.05) is 0 Å². The van der Waals surface area contributed by atoms with Gasteiger partial charge in [0.2, 0.25) is 5.95 Å². The van der Waals surface area contributed by atoms with Crippen LogP contribution in [0.25, 0.3) is 0 Å². The average Bonchev–Trinajstić information content (AvgIpc) is 2.28. The van der Waals surface area contributed by atoms with Gasteiger partial charge in [-0.3, -0.25) is 4.79 Å². The number of methoxy groups -OCH3 is 1. The fourth-order valence-corrected chi connectivity index (χ4v) is 1.25. The Hall–Kier alpha value is -2.10. The second kappa shape index (κ2) is 5.30. The smallest absolute Gasteiger partial charge is 0.310 e. The van der Waals surface area contributed by atoms with Gasteiger partial charge in [0.15, 0.2) is 0 Å². The normalized spacial score (nSPS) is 10.1. The second-order valence-corrected chi connectivity index (χ2v) is 3.02.